The average molecular weight is 280 g/mol. The Morgan fingerprint density at radius 1 is 1.47 bits per heavy atom. The number of hydrogen-bond acceptors (Lipinski definition) is 4. The van der Waals surface area contributed by atoms with Crippen molar-refractivity contribution in [2.45, 2.75) is 0 Å². The number of benzene rings is 1. The molecule has 0 saturated carbocycles. The van der Waals surface area contributed by atoms with Crippen molar-refractivity contribution in [2.75, 3.05) is 30.7 Å². The maximum atomic E-state index is 11.5. The quantitative estimate of drug-likeness (QED) is 0.531. The van der Waals surface area contributed by atoms with E-state index in [9.17, 15) is 8.42 Å². The van der Waals surface area contributed by atoms with E-state index in [1.165, 1.54) is 25.3 Å². The molecule has 6 nitrogen and oxygen atoms in total. The Balaban J connectivity index is 2.66. The molecule has 0 unspecified atom stereocenters. The van der Waals surface area contributed by atoms with Gasteiger partial charge >= 0.3 is 0 Å². The van der Waals surface area contributed by atoms with Gasteiger partial charge in [0.2, 0.25) is 0 Å². The zero-order valence-corrected chi connectivity index (χ0v) is 10.8. The smallest absolute Gasteiger partial charge is 0.299 e. The molecule has 0 fully saturated rings. The van der Waals surface area contributed by atoms with Gasteiger partial charge in [-0.15, -0.1) is 0 Å². The number of nitrogens with two attached hydrogens (primary N) is 1. The summed E-state index contributed by atoms with van der Waals surface area (Å²) in [6.07, 6.45) is 0. The first-order valence-electron chi connectivity index (χ1n) is 4.76. The Labute approximate surface area is 105 Å². The maximum absolute atomic E-state index is 11.5. The van der Waals surface area contributed by atoms with E-state index in [1.807, 2.05) is 0 Å². The minimum absolute atomic E-state index is 0.189. The van der Waals surface area contributed by atoms with Crippen LogP contribution >= 0.6 is 11.6 Å². The largest absolute Gasteiger partial charge is 0.397 e. The van der Waals surface area contributed by atoms with Crippen molar-refractivity contribution in [3.8, 4) is 0 Å². The third-order valence-corrected chi connectivity index (χ3v) is 3.28. The SMILES string of the molecule is COCCNS(=O)(=O)Nc1ccc(Cl)c(N)c1. The van der Waals surface area contributed by atoms with Gasteiger partial charge in [-0.25, -0.2) is 0 Å². The number of nitrogens with one attached hydrogen (secondary N) is 2. The Kier molecular flexibility index (Phi) is 5.01. The summed E-state index contributed by atoms with van der Waals surface area (Å²) in [5.41, 5.74) is 6.21. The van der Waals surface area contributed by atoms with Crippen molar-refractivity contribution in [2.24, 2.45) is 0 Å². The number of nitrogen functional groups attached to an aromatic ring is 1. The van der Waals surface area contributed by atoms with Crippen LogP contribution in [0.2, 0.25) is 5.02 Å². The van der Waals surface area contributed by atoms with E-state index in [4.69, 9.17) is 22.1 Å². The molecule has 0 aliphatic rings. The fourth-order valence-corrected chi connectivity index (χ4v) is 2.06. The number of rotatable bonds is 6. The van der Waals surface area contributed by atoms with Gasteiger partial charge in [0, 0.05) is 13.7 Å². The molecular formula is C9H14ClN3O3S. The fraction of sp³-hybridized carbons (Fsp3) is 0.333. The first-order chi connectivity index (χ1) is 7.94. The van der Waals surface area contributed by atoms with Crippen molar-refractivity contribution >= 4 is 33.2 Å². The van der Waals surface area contributed by atoms with Crippen LogP contribution in [-0.2, 0) is 14.9 Å². The van der Waals surface area contributed by atoms with Crippen LogP contribution in [0.1, 0.15) is 0 Å². The zero-order chi connectivity index (χ0) is 12.9. The summed E-state index contributed by atoms with van der Waals surface area (Å²) in [5, 5.41) is 0.375. The van der Waals surface area contributed by atoms with Crippen LogP contribution in [0.15, 0.2) is 18.2 Å². The zero-order valence-electron chi connectivity index (χ0n) is 9.23. The highest BCUT2D eigenvalue weighted by Crippen LogP contribution is 2.22. The Bertz CT molecular complexity index is 478. The van der Waals surface area contributed by atoms with E-state index < -0.39 is 10.2 Å². The highest BCUT2D eigenvalue weighted by Gasteiger charge is 2.09. The van der Waals surface area contributed by atoms with Gasteiger partial charge in [-0.1, -0.05) is 11.6 Å². The van der Waals surface area contributed by atoms with Crippen LogP contribution < -0.4 is 15.2 Å². The van der Waals surface area contributed by atoms with Crippen LogP contribution in [0, 0.1) is 0 Å². The molecule has 0 atom stereocenters. The van der Waals surface area contributed by atoms with E-state index in [1.54, 1.807) is 0 Å². The lowest BCUT2D eigenvalue weighted by Gasteiger charge is -2.09. The molecule has 0 aliphatic heterocycles. The molecule has 17 heavy (non-hydrogen) atoms. The van der Waals surface area contributed by atoms with Crippen LogP contribution in [-0.4, -0.2) is 28.7 Å². The lowest BCUT2D eigenvalue weighted by molar-refractivity contribution is 0.204. The van der Waals surface area contributed by atoms with Gasteiger partial charge in [0.15, 0.2) is 0 Å². The topological polar surface area (TPSA) is 93.4 Å². The Morgan fingerprint density at radius 2 is 2.18 bits per heavy atom. The number of ether oxygens (including phenoxy) is 1. The van der Waals surface area contributed by atoms with E-state index in [-0.39, 0.29) is 6.54 Å². The van der Waals surface area contributed by atoms with E-state index in [0.29, 0.717) is 23.0 Å². The molecule has 96 valence electrons. The first-order valence-corrected chi connectivity index (χ1v) is 6.62. The predicted molar refractivity (Wildman–Crippen MR) is 68.3 cm³/mol. The number of methoxy groups -OCH3 is 1. The standard InChI is InChI=1S/C9H14ClN3O3S/c1-16-5-4-12-17(14,15)13-7-2-3-8(10)9(11)6-7/h2-3,6,12-13H,4-5,11H2,1H3. The van der Waals surface area contributed by atoms with Gasteiger partial charge in [-0.2, -0.15) is 13.1 Å². The minimum Gasteiger partial charge on any atom is -0.397 e. The average Bonchev–Trinajstić information content (AvgIpc) is 2.23. The minimum atomic E-state index is -3.62. The molecule has 8 heteroatoms. The Morgan fingerprint density at radius 3 is 2.76 bits per heavy atom. The summed E-state index contributed by atoms with van der Waals surface area (Å²) in [6.45, 7) is 0.485. The van der Waals surface area contributed by atoms with Crippen molar-refractivity contribution in [1.29, 1.82) is 0 Å². The number of halogens is 1. The van der Waals surface area contributed by atoms with Crippen LogP contribution in [0.3, 0.4) is 0 Å². The molecule has 0 heterocycles. The number of hydrogen-bond donors (Lipinski definition) is 3. The lowest BCUT2D eigenvalue weighted by atomic mass is 10.3. The molecule has 0 amide bonds. The second-order valence-corrected chi connectivity index (χ2v) is 5.14. The van der Waals surface area contributed by atoms with Gasteiger partial charge in [-0.3, -0.25) is 4.72 Å². The maximum Gasteiger partial charge on any atom is 0.299 e. The van der Waals surface area contributed by atoms with Crippen molar-refractivity contribution < 1.29 is 13.2 Å². The van der Waals surface area contributed by atoms with Crippen LogP contribution in [0.25, 0.3) is 0 Å². The molecule has 1 aromatic carbocycles. The summed E-state index contributed by atoms with van der Waals surface area (Å²) in [5.74, 6) is 0. The Hall–Kier alpha value is -1.02. The lowest BCUT2D eigenvalue weighted by Crippen LogP contribution is -2.32. The highest BCUT2D eigenvalue weighted by molar-refractivity contribution is 7.90. The van der Waals surface area contributed by atoms with E-state index in [0.717, 1.165) is 0 Å². The fourth-order valence-electron chi connectivity index (χ4n) is 1.08. The molecule has 0 aliphatic carbocycles. The molecule has 0 radical (unpaired) electrons. The monoisotopic (exact) mass is 279 g/mol. The molecule has 0 bridgehead atoms. The van der Waals surface area contributed by atoms with Gasteiger partial charge < -0.3 is 10.5 Å². The van der Waals surface area contributed by atoms with Gasteiger partial charge in [0.25, 0.3) is 10.2 Å². The van der Waals surface area contributed by atoms with Gasteiger partial charge in [-0.05, 0) is 18.2 Å². The molecule has 0 spiro atoms. The van der Waals surface area contributed by atoms with Crippen LogP contribution in [0.5, 0.6) is 0 Å². The highest BCUT2D eigenvalue weighted by atomic mass is 35.5. The summed E-state index contributed by atoms with van der Waals surface area (Å²) in [6, 6.07) is 4.48. The molecule has 1 rings (SSSR count). The molecule has 0 aromatic heterocycles. The summed E-state index contributed by atoms with van der Waals surface area (Å²) < 4.78 is 32.4. The van der Waals surface area contributed by atoms with E-state index in [2.05, 4.69) is 9.44 Å². The van der Waals surface area contributed by atoms with Gasteiger partial charge in [0.05, 0.1) is 23.0 Å². The second kappa shape index (κ2) is 6.06. The van der Waals surface area contributed by atoms with Crippen molar-refractivity contribution in [3.05, 3.63) is 23.2 Å². The molecule has 0 saturated heterocycles. The van der Waals surface area contributed by atoms with Crippen molar-refractivity contribution in [1.82, 2.24) is 4.72 Å². The predicted octanol–water partition coefficient (Wildman–Crippen LogP) is 0.815. The summed E-state index contributed by atoms with van der Waals surface area (Å²) >= 11 is 5.72. The summed E-state index contributed by atoms with van der Waals surface area (Å²) in [7, 11) is -2.13. The van der Waals surface area contributed by atoms with Gasteiger partial charge in [0.1, 0.15) is 0 Å². The molecular weight excluding hydrogens is 266 g/mol. The normalized spacial score (nSPS) is 11.4. The van der Waals surface area contributed by atoms with Crippen molar-refractivity contribution in [3.63, 3.8) is 0 Å². The third-order valence-electron chi connectivity index (χ3n) is 1.85. The van der Waals surface area contributed by atoms with Crippen LogP contribution in [0.4, 0.5) is 11.4 Å². The second-order valence-electron chi connectivity index (χ2n) is 3.23. The molecule has 4 N–H and O–H groups in total. The molecule has 1 aromatic rings. The third kappa shape index (κ3) is 4.78. The summed E-state index contributed by atoms with van der Waals surface area (Å²) in [4.78, 5) is 0. The first kappa shape index (κ1) is 14.0. The number of anilines is 2. The van der Waals surface area contributed by atoms with E-state index >= 15 is 0 Å².